The van der Waals surface area contributed by atoms with Crippen LogP contribution in [0, 0.1) is 5.92 Å². The highest BCUT2D eigenvalue weighted by Crippen LogP contribution is 2.38. The Morgan fingerprint density at radius 1 is 1.20 bits per heavy atom. The largest absolute Gasteiger partial charge is 0.481 e. The standard InChI is InChI=1S/C22H21NO4S3/c1-29-17-9-4-13(5-10-17)18-11-8-16(27-18)12-19-20(24)23(22(28)30-19)15-6-2-14(3-7-15)21(25)26/h4-5,8-12,14-15H,2-3,6-7H2,1H3,(H,25,26)/b19-12+. The van der Waals surface area contributed by atoms with Crippen molar-refractivity contribution in [1.29, 1.82) is 0 Å². The summed E-state index contributed by atoms with van der Waals surface area (Å²) in [5.41, 5.74) is 0.982. The molecular weight excluding hydrogens is 438 g/mol. The molecule has 1 amide bonds. The molecule has 5 nitrogen and oxygen atoms in total. The number of thioether (sulfide) groups is 2. The van der Waals surface area contributed by atoms with Crippen molar-refractivity contribution in [3.8, 4) is 11.3 Å². The van der Waals surface area contributed by atoms with Gasteiger partial charge in [0, 0.05) is 22.6 Å². The molecule has 1 aliphatic carbocycles. The molecule has 1 N–H and O–H groups in total. The highest BCUT2D eigenvalue weighted by atomic mass is 32.2. The van der Waals surface area contributed by atoms with Crippen LogP contribution >= 0.6 is 35.7 Å². The Morgan fingerprint density at radius 3 is 2.53 bits per heavy atom. The summed E-state index contributed by atoms with van der Waals surface area (Å²) in [6, 6.07) is 11.8. The van der Waals surface area contributed by atoms with Crippen LogP contribution in [0.15, 0.2) is 50.6 Å². The number of thiocarbonyl (C=S) groups is 1. The first-order chi connectivity index (χ1) is 14.5. The van der Waals surface area contributed by atoms with Crippen molar-refractivity contribution < 1.29 is 19.1 Å². The third-order valence-electron chi connectivity index (χ3n) is 5.51. The molecule has 2 fully saturated rings. The minimum Gasteiger partial charge on any atom is -0.481 e. The summed E-state index contributed by atoms with van der Waals surface area (Å²) in [6.45, 7) is 0. The molecule has 4 rings (SSSR count). The van der Waals surface area contributed by atoms with Crippen molar-refractivity contribution in [1.82, 2.24) is 4.90 Å². The Balaban J connectivity index is 1.47. The number of carbonyl (C=O) groups is 2. The second-order valence-electron chi connectivity index (χ2n) is 7.33. The lowest BCUT2D eigenvalue weighted by Gasteiger charge is -2.32. The minimum atomic E-state index is -0.754. The summed E-state index contributed by atoms with van der Waals surface area (Å²) >= 11 is 8.42. The van der Waals surface area contributed by atoms with E-state index in [4.69, 9.17) is 16.6 Å². The number of aliphatic carboxylic acids is 1. The molecule has 2 aliphatic rings. The van der Waals surface area contributed by atoms with Gasteiger partial charge in [0.15, 0.2) is 0 Å². The molecule has 0 atom stereocenters. The zero-order valence-electron chi connectivity index (χ0n) is 16.4. The van der Waals surface area contributed by atoms with E-state index in [0.717, 1.165) is 11.3 Å². The molecular formula is C22H21NO4S3. The van der Waals surface area contributed by atoms with E-state index in [9.17, 15) is 14.7 Å². The lowest BCUT2D eigenvalue weighted by atomic mass is 9.85. The molecule has 1 saturated heterocycles. The van der Waals surface area contributed by atoms with Gasteiger partial charge in [-0.3, -0.25) is 14.5 Å². The third-order valence-corrected chi connectivity index (χ3v) is 7.58. The molecule has 156 valence electrons. The number of carbonyl (C=O) groups excluding carboxylic acids is 1. The number of carboxylic acid groups (broad SMARTS) is 1. The molecule has 1 aliphatic heterocycles. The Labute approximate surface area is 188 Å². The number of furan rings is 1. The monoisotopic (exact) mass is 459 g/mol. The normalized spacial score (nSPS) is 23.4. The van der Waals surface area contributed by atoms with Crippen molar-refractivity contribution >= 4 is 58.0 Å². The maximum atomic E-state index is 13.0. The van der Waals surface area contributed by atoms with E-state index in [-0.39, 0.29) is 17.9 Å². The van der Waals surface area contributed by atoms with Gasteiger partial charge in [0.25, 0.3) is 5.91 Å². The summed E-state index contributed by atoms with van der Waals surface area (Å²) in [6.07, 6.45) is 6.25. The van der Waals surface area contributed by atoms with Gasteiger partial charge >= 0.3 is 5.97 Å². The fourth-order valence-corrected chi connectivity index (χ4v) is 5.63. The maximum absolute atomic E-state index is 13.0. The lowest BCUT2D eigenvalue weighted by molar-refractivity contribution is -0.143. The average Bonchev–Trinajstić information content (AvgIpc) is 3.32. The van der Waals surface area contributed by atoms with Crippen molar-refractivity contribution in [2.24, 2.45) is 5.92 Å². The molecule has 0 bridgehead atoms. The first kappa shape index (κ1) is 21.2. The zero-order valence-corrected chi connectivity index (χ0v) is 18.8. The number of benzene rings is 1. The summed E-state index contributed by atoms with van der Waals surface area (Å²) in [7, 11) is 0. The van der Waals surface area contributed by atoms with E-state index in [2.05, 4.69) is 0 Å². The minimum absolute atomic E-state index is 0.0267. The number of rotatable bonds is 5. The van der Waals surface area contributed by atoms with Gasteiger partial charge in [-0.25, -0.2) is 0 Å². The van der Waals surface area contributed by atoms with E-state index >= 15 is 0 Å². The average molecular weight is 460 g/mol. The topological polar surface area (TPSA) is 70.8 Å². The molecule has 0 radical (unpaired) electrons. The molecule has 1 saturated carbocycles. The Bertz CT molecular complexity index is 1000. The predicted molar refractivity (Wildman–Crippen MR) is 124 cm³/mol. The van der Waals surface area contributed by atoms with Gasteiger partial charge in [-0.2, -0.15) is 0 Å². The van der Waals surface area contributed by atoms with Gasteiger partial charge in [-0.05, 0) is 56.2 Å². The quantitative estimate of drug-likeness (QED) is 0.359. The third kappa shape index (κ3) is 4.36. The van der Waals surface area contributed by atoms with Crippen LogP contribution in [0.3, 0.4) is 0 Å². The maximum Gasteiger partial charge on any atom is 0.306 e. The second-order valence-corrected chi connectivity index (χ2v) is 9.88. The molecule has 8 heteroatoms. The molecule has 30 heavy (non-hydrogen) atoms. The van der Waals surface area contributed by atoms with E-state index in [1.807, 2.05) is 42.7 Å². The van der Waals surface area contributed by atoms with Crippen LogP contribution in [0.2, 0.25) is 0 Å². The van der Waals surface area contributed by atoms with Crippen LogP contribution in [-0.2, 0) is 9.59 Å². The Hall–Kier alpha value is -2.03. The molecule has 1 aromatic carbocycles. The fraction of sp³-hybridized carbons (Fsp3) is 0.318. The number of hydrogen-bond donors (Lipinski definition) is 1. The number of hydrogen-bond acceptors (Lipinski definition) is 6. The number of carboxylic acids is 1. The van der Waals surface area contributed by atoms with E-state index in [1.165, 1.54) is 16.7 Å². The van der Waals surface area contributed by atoms with Crippen LogP contribution in [-0.4, -0.2) is 38.5 Å². The summed E-state index contributed by atoms with van der Waals surface area (Å²) in [5.74, 6) is 0.161. The Kier molecular flexibility index (Phi) is 6.36. The highest BCUT2D eigenvalue weighted by molar-refractivity contribution is 8.26. The zero-order chi connectivity index (χ0) is 21.3. The summed E-state index contributed by atoms with van der Waals surface area (Å²) in [5, 5.41) is 9.18. The molecule has 2 aromatic rings. The SMILES string of the molecule is CSc1ccc(-c2ccc(/C=C3/SC(=S)N(C4CCC(C(=O)O)CC4)C3=O)o2)cc1. The molecule has 0 spiro atoms. The number of nitrogens with zero attached hydrogens (tertiary/aromatic N) is 1. The van der Waals surface area contributed by atoms with Gasteiger partial charge in [0.05, 0.1) is 10.8 Å². The molecule has 1 aromatic heterocycles. The number of amides is 1. The summed E-state index contributed by atoms with van der Waals surface area (Å²) in [4.78, 5) is 27.5. The van der Waals surface area contributed by atoms with Crippen LogP contribution in [0.25, 0.3) is 17.4 Å². The van der Waals surface area contributed by atoms with Gasteiger partial charge < -0.3 is 9.52 Å². The molecule has 0 unspecified atom stereocenters. The van der Waals surface area contributed by atoms with Crippen LogP contribution in [0.5, 0.6) is 0 Å². The first-order valence-corrected chi connectivity index (χ1v) is 12.2. The van der Waals surface area contributed by atoms with Crippen LogP contribution in [0.1, 0.15) is 31.4 Å². The smallest absolute Gasteiger partial charge is 0.306 e. The van der Waals surface area contributed by atoms with Crippen molar-refractivity contribution in [2.75, 3.05) is 6.26 Å². The van der Waals surface area contributed by atoms with Gasteiger partial charge in [-0.15, -0.1) is 11.8 Å². The lowest BCUT2D eigenvalue weighted by Crippen LogP contribution is -2.41. The van der Waals surface area contributed by atoms with Gasteiger partial charge in [0.1, 0.15) is 15.8 Å². The van der Waals surface area contributed by atoms with E-state index < -0.39 is 5.97 Å². The van der Waals surface area contributed by atoms with E-state index in [0.29, 0.717) is 40.7 Å². The van der Waals surface area contributed by atoms with Crippen molar-refractivity contribution in [3.63, 3.8) is 0 Å². The second kappa shape index (κ2) is 8.99. The van der Waals surface area contributed by atoms with E-state index in [1.54, 1.807) is 22.7 Å². The first-order valence-electron chi connectivity index (χ1n) is 9.70. The molecule has 2 heterocycles. The van der Waals surface area contributed by atoms with Crippen LogP contribution < -0.4 is 0 Å². The van der Waals surface area contributed by atoms with Crippen molar-refractivity contribution in [3.05, 3.63) is 47.1 Å². The summed E-state index contributed by atoms with van der Waals surface area (Å²) < 4.78 is 6.47. The van der Waals surface area contributed by atoms with Crippen LogP contribution in [0.4, 0.5) is 0 Å². The fourth-order valence-electron chi connectivity index (χ4n) is 3.85. The predicted octanol–water partition coefficient (Wildman–Crippen LogP) is 5.51. The van der Waals surface area contributed by atoms with Gasteiger partial charge in [0.2, 0.25) is 0 Å². The van der Waals surface area contributed by atoms with Crippen molar-refractivity contribution in [2.45, 2.75) is 36.6 Å². The van der Waals surface area contributed by atoms with Gasteiger partial charge in [-0.1, -0.05) is 36.1 Å². The highest BCUT2D eigenvalue weighted by Gasteiger charge is 2.39. The Morgan fingerprint density at radius 2 is 1.90 bits per heavy atom.